The summed E-state index contributed by atoms with van der Waals surface area (Å²) in [5, 5.41) is 9.37. The number of benzene rings is 1. The van der Waals surface area contributed by atoms with Crippen LogP contribution in [0.4, 0.5) is 0 Å². The van der Waals surface area contributed by atoms with Gasteiger partial charge in [-0.3, -0.25) is 4.79 Å². The lowest BCUT2D eigenvalue weighted by atomic mass is 9.86. The number of carboxylic acid groups (broad SMARTS) is 1. The van der Waals surface area contributed by atoms with Gasteiger partial charge in [-0.1, -0.05) is 13.8 Å². The van der Waals surface area contributed by atoms with Crippen LogP contribution in [-0.2, 0) is 17.6 Å². The van der Waals surface area contributed by atoms with Crippen molar-refractivity contribution in [3.8, 4) is 17.0 Å². The van der Waals surface area contributed by atoms with Gasteiger partial charge in [-0.25, -0.2) is 4.79 Å². The number of hydrogen-bond acceptors (Lipinski definition) is 4. The molecule has 0 bridgehead atoms. The average molecular weight is 383 g/mol. The summed E-state index contributed by atoms with van der Waals surface area (Å²) in [7, 11) is 1.69. The minimum Gasteiger partial charge on any atom is -0.490 e. The predicted octanol–water partition coefficient (Wildman–Crippen LogP) is 3.31. The molecule has 1 N–H and O–H groups in total. The molecular weight excluding hydrogens is 358 g/mol. The number of pyridine rings is 1. The number of methoxy groups -OCH3 is 1. The lowest BCUT2D eigenvalue weighted by Crippen LogP contribution is -2.28. The minimum atomic E-state index is -1.18. The van der Waals surface area contributed by atoms with Gasteiger partial charge in [-0.15, -0.1) is 0 Å². The molecule has 6 heteroatoms. The molecule has 0 aliphatic carbocycles. The van der Waals surface area contributed by atoms with E-state index in [4.69, 9.17) is 9.47 Å². The summed E-state index contributed by atoms with van der Waals surface area (Å²) in [4.78, 5) is 23.9. The Morgan fingerprint density at radius 1 is 1.29 bits per heavy atom. The molecule has 3 heterocycles. The number of carboxylic acids is 1. The van der Waals surface area contributed by atoms with Crippen molar-refractivity contribution in [2.45, 2.75) is 45.3 Å². The van der Waals surface area contributed by atoms with Crippen molar-refractivity contribution in [2.24, 2.45) is 5.92 Å². The first kappa shape index (κ1) is 18.7. The molecular formula is C22H25NO5. The monoisotopic (exact) mass is 383 g/mol. The Labute approximate surface area is 163 Å². The zero-order chi connectivity index (χ0) is 20.0. The number of nitrogens with zero attached hydrogens (tertiary/aromatic N) is 1. The fourth-order valence-electron chi connectivity index (χ4n) is 4.30. The Morgan fingerprint density at radius 3 is 2.75 bits per heavy atom. The normalized spacial score (nSPS) is 19.7. The van der Waals surface area contributed by atoms with Gasteiger partial charge >= 0.3 is 5.97 Å². The molecule has 1 aromatic heterocycles. The van der Waals surface area contributed by atoms with Crippen LogP contribution in [0.15, 0.2) is 29.2 Å². The van der Waals surface area contributed by atoms with Crippen molar-refractivity contribution < 1.29 is 19.4 Å². The Balaban J connectivity index is 1.81. The van der Waals surface area contributed by atoms with Crippen LogP contribution < -0.4 is 10.2 Å². The fourth-order valence-corrected chi connectivity index (χ4v) is 4.30. The molecule has 148 valence electrons. The summed E-state index contributed by atoms with van der Waals surface area (Å²) >= 11 is 0. The lowest BCUT2D eigenvalue weighted by Gasteiger charge is -2.33. The molecule has 28 heavy (non-hydrogen) atoms. The van der Waals surface area contributed by atoms with Crippen molar-refractivity contribution >= 4 is 5.97 Å². The maximum atomic E-state index is 12.4. The summed E-state index contributed by atoms with van der Waals surface area (Å²) < 4.78 is 13.2. The number of fused-ring (bicyclic) bond motifs is 4. The summed E-state index contributed by atoms with van der Waals surface area (Å²) in [6.45, 7) is 4.88. The van der Waals surface area contributed by atoms with Gasteiger partial charge in [0.2, 0.25) is 0 Å². The minimum absolute atomic E-state index is 0.0879. The molecule has 2 aliphatic rings. The Hall–Kier alpha value is -2.60. The van der Waals surface area contributed by atoms with E-state index in [9.17, 15) is 14.7 Å². The second-order valence-electron chi connectivity index (χ2n) is 8.01. The van der Waals surface area contributed by atoms with Crippen LogP contribution in [0, 0.1) is 5.92 Å². The first-order chi connectivity index (χ1) is 13.4. The molecule has 4 rings (SSSR count). The highest BCUT2D eigenvalue weighted by atomic mass is 16.5. The van der Waals surface area contributed by atoms with Crippen LogP contribution in [0.5, 0.6) is 5.75 Å². The zero-order valence-corrected chi connectivity index (χ0v) is 16.4. The number of carbonyl (C=O) groups is 1. The standard InChI is InChI=1S/C22H25NO5/c1-12(2)18-8-13-9-21-14(6-15(28-21)4-5-27-3)7-16(13)19-10-20(24)17(22(25)26)11-23(18)19/h7,9-12,15,18H,4-6,8H2,1-3H3,(H,25,26)/t15?,18-/m0/s1. The van der Waals surface area contributed by atoms with Crippen molar-refractivity contribution in [1.82, 2.24) is 4.57 Å². The van der Waals surface area contributed by atoms with E-state index in [-0.39, 0.29) is 17.7 Å². The number of ether oxygens (including phenoxy) is 2. The van der Waals surface area contributed by atoms with E-state index in [2.05, 4.69) is 26.0 Å². The van der Waals surface area contributed by atoms with Crippen molar-refractivity contribution in [2.75, 3.05) is 13.7 Å². The molecule has 0 radical (unpaired) electrons. The maximum Gasteiger partial charge on any atom is 0.341 e. The van der Waals surface area contributed by atoms with E-state index in [0.717, 1.165) is 47.4 Å². The molecule has 0 spiro atoms. The van der Waals surface area contributed by atoms with E-state index in [1.807, 2.05) is 4.57 Å². The van der Waals surface area contributed by atoms with E-state index >= 15 is 0 Å². The SMILES string of the molecule is COCCC1Cc2cc3c(cc2O1)C[C@@H](C(C)C)n1cc(C(=O)O)c(=O)cc1-3. The molecule has 0 saturated carbocycles. The van der Waals surface area contributed by atoms with E-state index in [1.54, 1.807) is 7.11 Å². The fraction of sp³-hybridized carbons (Fsp3) is 0.455. The van der Waals surface area contributed by atoms with Crippen molar-refractivity contribution in [3.05, 3.63) is 51.3 Å². The van der Waals surface area contributed by atoms with E-state index in [0.29, 0.717) is 12.5 Å². The number of aromatic nitrogens is 1. The summed E-state index contributed by atoms with van der Waals surface area (Å²) in [6.07, 6.45) is 4.05. The van der Waals surface area contributed by atoms with Crippen LogP contribution in [0.3, 0.4) is 0 Å². The van der Waals surface area contributed by atoms with Crippen LogP contribution in [0.2, 0.25) is 0 Å². The maximum absolute atomic E-state index is 12.4. The topological polar surface area (TPSA) is 77.8 Å². The summed E-state index contributed by atoms with van der Waals surface area (Å²) in [6, 6.07) is 5.78. The molecule has 6 nitrogen and oxygen atoms in total. The first-order valence-corrected chi connectivity index (χ1v) is 9.70. The van der Waals surface area contributed by atoms with Crippen LogP contribution >= 0.6 is 0 Å². The average Bonchev–Trinajstić information content (AvgIpc) is 3.04. The third-order valence-electron chi connectivity index (χ3n) is 5.81. The lowest BCUT2D eigenvalue weighted by molar-refractivity contribution is 0.0694. The van der Waals surface area contributed by atoms with Crippen molar-refractivity contribution in [3.63, 3.8) is 0 Å². The van der Waals surface area contributed by atoms with Gasteiger partial charge < -0.3 is 19.1 Å². The largest absolute Gasteiger partial charge is 0.490 e. The van der Waals surface area contributed by atoms with Gasteiger partial charge in [0.25, 0.3) is 0 Å². The molecule has 2 atom stereocenters. The molecule has 2 aromatic rings. The highest BCUT2D eigenvalue weighted by molar-refractivity contribution is 5.87. The molecule has 1 unspecified atom stereocenters. The Morgan fingerprint density at radius 2 is 2.07 bits per heavy atom. The molecule has 1 aromatic carbocycles. The van der Waals surface area contributed by atoms with Crippen LogP contribution in [0.25, 0.3) is 11.3 Å². The Kier molecular flexibility index (Phi) is 4.75. The van der Waals surface area contributed by atoms with Gasteiger partial charge in [0.05, 0.1) is 5.69 Å². The van der Waals surface area contributed by atoms with Gasteiger partial charge in [-0.2, -0.15) is 0 Å². The summed E-state index contributed by atoms with van der Waals surface area (Å²) in [5.41, 5.74) is 3.43. The second kappa shape index (κ2) is 7.09. The van der Waals surface area contributed by atoms with Crippen LogP contribution in [-0.4, -0.2) is 35.5 Å². The zero-order valence-electron chi connectivity index (χ0n) is 16.4. The third-order valence-corrected chi connectivity index (χ3v) is 5.81. The summed E-state index contributed by atoms with van der Waals surface area (Å²) in [5.74, 6) is 0.0249. The van der Waals surface area contributed by atoms with E-state index < -0.39 is 11.4 Å². The van der Waals surface area contributed by atoms with Crippen LogP contribution in [0.1, 0.15) is 47.8 Å². The number of aromatic carboxylic acids is 1. The number of rotatable bonds is 5. The Bertz CT molecular complexity index is 991. The highest BCUT2D eigenvalue weighted by Crippen LogP contribution is 2.42. The second-order valence-corrected chi connectivity index (χ2v) is 8.01. The quantitative estimate of drug-likeness (QED) is 0.857. The van der Waals surface area contributed by atoms with Gasteiger partial charge in [-0.05, 0) is 35.6 Å². The smallest absolute Gasteiger partial charge is 0.341 e. The molecule has 0 saturated heterocycles. The number of hydrogen-bond donors (Lipinski definition) is 1. The molecule has 2 aliphatic heterocycles. The van der Waals surface area contributed by atoms with Gasteiger partial charge in [0, 0.05) is 50.4 Å². The third kappa shape index (κ3) is 3.11. The molecule has 0 amide bonds. The first-order valence-electron chi connectivity index (χ1n) is 9.70. The predicted molar refractivity (Wildman–Crippen MR) is 105 cm³/mol. The van der Waals surface area contributed by atoms with E-state index in [1.165, 1.54) is 12.3 Å². The molecule has 0 fully saturated rings. The van der Waals surface area contributed by atoms with Gasteiger partial charge in [0.1, 0.15) is 17.4 Å². The van der Waals surface area contributed by atoms with Gasteiger partial charge in [0.15, 0.2) is 5.43 Å². The highest BCUT2D eigenvalue weighted by Gasteiger charge is 2.31. The van der Waals surface area contributed by atoms with Crippen molar-refractivity contribution in [1.29, 1.82) is 0 Å².